The maximum absolute atomic E-state index is 12.3. The number of carbonyl (C=O) groups excluding carboxylic acids is 2. The summed E-state index contributed by atoms with van der Waals surface area (Å²) in [5, 5.41) is 10.8. The first-order chi connectivity index (χ1) is 9.88. The molecule has 21 heavy (non-hydrogen) atoms. The third-order valence-electron chi connectivity index (χ3n) is 3.16. The number of nitro groups is 1. The van der Waals surface area contributed by atoms with Crippen LogP contribution in [0.3, 0.4) is 0 Å². The number of esters is 1. The molecule has 0 bridgehead atoms. The molecule has 0 fully saturated rings. The van der Waals surface area contributed by atoms with E-state index in [4.69, 9.17) is 4.74 Å². The maximum Gasteiger partial charge on any atom is 0.325 e. The lowest BCUT2D eigenvalue weighted by atomic mass is 9.98. The molecule has 0 aliphatic carbocycles. The van der Waals surface area contributed by atoms with E-state index in [9.17, 15) is 19.7 Å². The summed E-state index contributed by atoms with van der Waals surface area (Å²) in [4.78, 5) is 35.5. The fraction of sp³-hybridized carbons (Fsp3) is 0.429. The first-order valence-corrected chi connectivity index (χ1v) is 6.64. The third-order valence-corrected chi connectivity index (χ3v) is 3.16. The fourth-order valence-electron chi connectivity index (χ4n) is 2.23. The molecule has 1 amide bonds. The van der Waals surface area contributed by atoms with Crippen LogP contribution in [0.4, 0.5) is 5.69 Å². The highest BCUT2D eigenvalue weighted by molar-refractivity contribution is 5.98. The molecule has 0 aromatic heterocycles. The third kappa shape index (κ3) is 3.36. The van der Waals surface area contributed by atoms with Gasteiger partial charge in [0.1, 0.15) is 6.54 Å². The molecule has 1 aromatic carbocycles. The SMILES string of the molecule is CC(C)OC(=O)CN1CCc2ccc([N+](=O)[O-])cc2C1=O. The van der Waals surface area contributed by atoms with Crippen LogP contribution in [0.5, 0.6) is 0 Å². The molecule has 0 unspecified atom stereocenters. The van der Waals surface area contributed by atoms with E-state index in [1.54, 1.807) is 19.9 Å². The largest absolute Gasteiger partial charge is 0.462 e. The van der Waals surface area contributed by atoms with Gasteiger partial charge in [0.25, 0.3) is 11.6 Å². The van der Waals surface area contributed by atoms with Crippen molar-refractivity contribution < 1.29 is 19.2 Å². The first-order valence-electron chi connectivity index (χ1n) is 6.64. The minimum absolute atomic E-state index is 0.131. The van der Waals surface area contributed by atoms with Crippen LogP contribution in [0.1, 0.15) is 29.8 Å². The van der Waals surface area contributed by atoms with Crippen molar-refractivity contribution in [1.82, 2.24) is 4.90 Å². The van der Waals surface area contributed by atoms with Crippen LogP contribution in [0.15, 0.2) is 18.2 Å². The van der Waals surface area contributed by atoms with Crippen molar-refractivity contribution in [3.05, 3.63) is 39.4 Å². The predicted molar refractivity (Wildman–Crippen MR) is 73.9 cm³/mol. The molecule has 0 saturated heterocycles. The van der Waals surface area contributed by atoms with Gasteiger partial charge in [-0.3, -0.25) is 19.7 Å². The number of nitro benzene ring substituents is 1. The molecule has 1 aliphatic heterocycles. The second kappa shape index (κ2) is 5.90. The Morgan fingerprint density at radius 1 is 1.48 bits per heavy atom. The minimum atomic E-state index is -0.542. The number of non-ortho nitro benzene ring substituents is 1. The summed E-state index contributed by atoms with van der Waals surface area (Å²) in [6.45, 7) is 3.72. The molecule has 0 saturated carbocycles. The van der Waals surface area contributed by atoms with Crippen molar-refractivity contribution >= 4 is 17.6 Å². The quantitative estimate of drug-likeness (QED) is 0.477. The number of ether oxygens (including phenoxy) is 1. The summed E-state index contributed by atoms with van der Waals surface area (Å²) < 4.78 is 5.01. The summed E-state index contributed by atoms with van der Waals surface area (Å²) in [7, 11) is 0. The summed E-state index contributed by atoms with van der Waals surface area (Å²) in [5.41, 5.74) is 0.917. The number of carbonyl (C=O) groups is 2. The number of benzene rings is 1. The highest BCUT2D eigenvalue weighted by Gasteiger charge is 2.28. The number of fused-ring (bicyclic) bond motifs is 1. The highest BCUT2D eigenvalue weighted by Crippen LogP contribution is 2.23. The molecular formula is C14H16N2O5. The standard InChI is InChI=1S/C14H16N2O5/c1-9(2)21-13(17)8-15-6-5-10-3-4-11(16(19)20)7-12(10)14(15)18/h3-4,7,9H,5-6,8H2,1-2H3. The summed E-state index contributed by atoms with van der Waals surface area (Å²) in [5.74, 6) is -0.854. The van der Waals surface area contributed by atoms with Gasteiger partial charge in [0.15, 0.2) is 0 Å². The Bertz CT molecular complexity index is 597. The molecule has 7 nitrogen and oxygen atoms in total. The number of hydrogen-bond acceptors (Lipinski definition) is 5. The van der Waals surface area contributed by atoms with Crippen molar-refractivity contribution in [3.63, 3.8) is 0 Å². The van der Waals surface area contributed by atoms with Crippen molar-refractivity contribution in [3.8, 4) is 0 Å². The monoisotopic (exact) mass is 292 g/mol. The molecule has 0 radical (unpaired) electrons. The van der Waals surface area contributed by atoms with Gasteiger partial charge in [0, 0.05) is 24.2 Å². The minimum Gasteiger partial charge on any atom is -0.462 e. The van der Waals surface area contributed by atoms with Gasteiger partial charge in [-0.2, -0.15) is 0 Å². The zero-order valence-electron chi connectivity index (χ0n) is 11.9. The van der Waals surface area contributed by atoms with Gasteiger partial charge in [0.05, 0.1) is 11.0 Å². The van der Waals surface area contributed by atoms with E-state index in [2.05, 4.69) is 0 Å². The van der Waals surface area contributed by atoms with Crippen LogP contribution >= 0.6 is 0 Å². The fourth-order valence-corrected chi connectivity index (χ4v) is 2.23. The van der Waals surface area contributed by atoms with Crippen LogP contribution in [0.25, 0.3) is 0 Å². The Balaban J connectivity index is 2.17. The van der Waals surface area contributed by atoms with E-state index >= 15 is 0 Å². The van der Waals surface area contributed by atoms with Gasteiger partial charge >= 0.3 is 5.97 Å². The normalized spacial score (nSPS) is 14.0. The Kier molecular flexibility index (Phi) is 4.21. The van der Waals surface area contributed by atoms with E-state index < -0.39 is 10.9 Å². The Morgan fingerprint density at radius 2 is 2.19 bits per heavy atom. The molecule has 0 spiro atoms. The Morgan fingerprint density at radius 3 is 2.81 bits per heavy atom. The average Bonchev–Trinajstić information content (AvgIpc) is 2.40. The summed E-state index contributed by atoms with van der Waals surface area (Å²) >= 11 is 0. The molecule has 112 valence electrons. The highest BCUT2D eigenvalue weighted by atomic mass is 16.6. The van der Waals surface area contributed by atoms with E-state index in [0.29, 0.717) is 13.0 Å². The van der Waals surface area contributed by atoms with Crippen molar-refractivity contribution in [2.75, 3.05) is 13.1 Å². The second-order valence-electron chi connectivity index (χ2n) is 5.11. The number of amides is 1. The zero-order valence-corrected chi connectivity index (χ0v) is 11.9. The van der Waals surface area contributed by atoms with Crippen LogP contribution < -0.4 is 0 Å². The molecular weight excluding hydrogens is 276 g/mol. The molecule has 1 heterocycles. The topological polar surface area (TPSA) is 89.8 Å². The number of rotatable bonds is 4. The predicted octanol–water partition coefficient (Wildman–Crippen LogP) is 1.54. The molecule has 7 heteroatoms. The van der Waals surface area contributed by atoms with Gasteiger partial charge < -0.3 is 9.64 Å². The maximum atomic E-state index is 12.3. The molecule has 1 aliphatic rings. The van der Waals surface area contributed by atoms with E-state index in [0.717, 1.165) is 5.56 Å². The summed E-state index contributed by atoms with van der Waals surface area (Å²) in [6, 6.07) is 4.24. The molecule has 0 atom stereocenters. The lowest BCUT2D eigenvalue weighted by Crippen LogP contribution is -2.41. The lowest BCUT2D eigenvalue weighted by molar-refractivity contribution is -0.384. The Labute approximate surface area is 121 Å². The zero-order chi connectivity index (χ0) is 15.6. The Hall–Kier alpha value is -2.44. The molecule has 0 N–H and O–H groups in total. The van der Waals surface area contributed by atoms with Crippen LogP contribution in [0, 0.1) is 10.1 Å². The van der Waals surface area contributed by atoms with Gasteiger partial charge in [-0.15, -0.1) is 0 Å². The molecule has 1 aromatic rings. The van der Waals surface area contributed by atoms with Crippen molar-refractivity contribution in [2.24, 2.45) is 0 Å². The van der Waals surface area contributed by atoms with Gasteiger partial charge in [0.2, 0.25) is 0 Å². The van der Waals surface area contributed by atoms with Crippen LogP contribution in [-0.2, 0) is 16.0 Å². The van der Waals surface area contributed by atoms with Gasteiger partial charge in [-0.1, -0.05) is 6.07 Å². The van der Waals surface area contributed by atoms with E-state index in [1.807, 2.05) is 0 Å². The lowest BCUT2D eigenvalue weighted by Gasteiger charge is -2.27. The summed E-state index contributed by atoms with van der Waals surface area (Å²) in [6.07, 6.45) is 0.319. The second-order valence-corrected chi connectivity index (χ2v) is 5.11. The molecule has 2 rings (SSSR count). The van der Waals surface area contributed by atoms with Crippen molar-refractivity contribution in [1.29, 1.82) is 0 Å². The number of hydrogen-bond donors (Lipinski definition) is 0. The average molecular weight is 292 g/mol. The smallest absolute Gasteiger partial charge is 0.325 e. The first kappa shape index (κ1) is 15.0. The van der Waals surface area contributed by atoms with E-state index in [1.165, 1.54) is 17.0 Å². The van der Waals surface area contributed by atoms with Gasteiger partial charge in [-0.25, -0.2) is 0 Å². The van der Waals surface area contributed by atoms with Crippen molar-refractivity contribution in [2.45, 2.75) is 26.4 Å². The van der Waals surface area contributed by atoms with E-state index in [-0.39, 0.29) is 29.8 Å². The number of nitrogens with zero attached hydrogens (tertiary/aromatic N) is 2. The van der Waals surface area contributed by atoms with Crippen LogP contribution in [0.2, 0.25) is 0 Å². The van der Waals surface area contributed by atoms with Gasteiger partial charge in [-0.05, 0) is 25.8 Å². The van der Waals surface area contributed by atoms with Crippen LogP contribution in [-0.4, -0.2) is 40.9 Å².